The van der Waals surface area contributed by atoms with Crippen molar-refractivity contribution in [3.8, 4) is 5.75 Å². The van der Waals surface area contributed by atoms with Gasteiger partial charge in [0, 0.05) is 10.8 Å². The highest BCUT2D eigenvalue weighted by atomic mass is 35.5. The normalized spacial score (nSPS) is 10.8. The van der Waals surface area contributed by atoms with E-state index in [4.69, 9.17) is 22.2 Å². The zero-order chi connectivity index (χ0) is 17.8. The van der Waals surface area contributed by atoms with Gasteiger partial charge in [0.1, 0.15) is 12.4 Å². The number of hydrogen-bond acceptors (Lipinski definition) is 5. The monoisotopic (exact) mass is 374 g/mol. The Balaban J connectivity index is 1.62. The maximum Gasteiger partial charge on any atom is 0.210 e. The average molecular weight is 375 g/mol. The minimum absolute atomic E-state index is 0.268. The Bertz CT molecular complexity index is 861. The van der Waals surface area contributed by atoms with Crippen LogP contribution in [0.2, 0.25) is 5.02 Å². The first kappa shape index (κ1) is 17.6. The molecule has 0 atom stereocenters. The van der Waals surface area contributed by atoms with Gasteiger partial charge >= 0.3 is 0 Å². The molecule has 3 aromatic rings. The van der Waals surface area contributed by atoms with Crippen LogP contribution in [0.1, 0.15) is 22.5 Å². The number of thioether (sulfide) groups is 1. The summed E-state index contributed by atoms with van der Waals surface area (Å²) in [5, 5.41) is 9.62. The lowest BCUT2D eigenvalue weighted by atomic mass is 10.1. The van der Waals surface area contributed by atoms with Crippen LogP contribution < -0.4 is 10.6 Å². The van der Waals surface area contributed by atoms with Crippen LogP contribution >= 0.6 is 23.4 Å². The molecule has 3 rings (SSSR count). The summed E-state index contributed by atoms with van der Waals surface area (Å²) in [4.78, 5) is 0. The van der Waals surface area contributed by atoms with Crippen molar-refractivity contribution in [1.82, 2.24) is 14.9 Å². The van der Waals surface area contributed by atoms with Gasteiger partial charge < -0.3 is 10.6 Å². The fourth-order valence-corrected chi connectivity index (χ4v) is 3.47. The van der Waals surface area contributed by atoms with E-state index in [1.54, 1.807) is 0 Å². The Hall–Kier alpha value is -2.18. The molecule has 7 heteroatoms. The first-order valence-electron chi connectivity index (χ1n) is 7.79. The quantitative estimate of drug-likeness (QED) is 0.519. The molecular weight excluding hydrogens is 356 g/mol. The first-order chi connectivity index (χ1) is 12.0. The Morgan fingerprint density at radius 3 is 2.60 bits per heavy atom. The second-order valence-corrected chi connectivity index (χ2v) is 7.18. The number of aryl methyl sites for hydroxylation is 2. The first-order valence-corrected chi connectivity index (χ1v) is 9.15. The summed E-state index contributed by atoms with van der Waals surface area (Å²) in [5.74, 6) is 8.18. The molecule has 5 nitrogen and oxygen atoms in total. The van der Waals surface area contributed by atoms with E-state index in [0.29, 0.717) is 16.7 Å². The van der Waals surface area contributed by atoms with Gasteiger partial charge in [-0.1, -0.05) is 41.6 Å². The largest absolute Gasteiger partial charge is 0.486 e. The van der Waals surface area contributed by atoms with E-state index in [9.17, 15) is 0 Å². The number of nitrogen functional groups attached to an aromatic ring is 1. The lowest BCUT2D eigenvalue weighted by Gasteiger charge is -2.08. The number of nitrogens with zero attached hydrogens (tertiary/aromatic N) is 3. The van der Waals surface area contributed by atoms with Gasteiger partial charge in [-0.05, 0) is 54.8 Å². The molecule has 0 bridgehead atoms. The third-order valence-electron chi connectivity index (χ3n) is 3.56. The van der Waals surface area contributed by atoms with Gasteiger partial charge in [-0.2, -0.15) is 0 Å². The van der Waals surface area contributed by atoms with E-state index < -0.39 is 0 Å². The van der Waals surface area contributed by atoms with E-state index in [1.807, 2.05) is 50.2 Å². The van der Waals surface area contributed by atoms with Gasteiger partial charge in [0.15, 0.2) is 5.82 Å². The molecule has 0 aliphatic heterocycles. The lowest BCUT2D eigenvalue weighted by Crippen LogP contribution is -2.15. The predicted octanol–water partition coefficient (Wildman–Crippen LogP) is 4.13. The summed E-state index contributed by atoms with van der Waals surface area (Å²) in [6.45, 7) is 4.34. The number of aromatic nitrogens is 3. The topological polar surface area (TPSA) is 66.0 Å². The molecule has 0 aliphatic rings. The number of ether oxygens (including phenoxy) is 1. The second kappa shape index (κ2) is 7.80. The summed E-state index contributed by atoms with van der Waals surface area (Å²) in [6.07, 6.45) is 0. The van der Waals surface area contributed by atoms with E-state index in [2.05, 4.69) is 16.3 Å². The molecule has 0 unspecified atom stereocenters. The van der Waals surface area contributed by atoms with Crippen LogP contribution in [0.3, 0.4) is 0 Å². The van der Waals surface area contributed by atoms with Gasteiger partial charge in [0.2, 0.25) is 5.16 Å². The van der Waals surface area contributed by atoms with Crippen LogP contribution in [0, 0.1) is 13.8 Å². The van der Waals surface area contributed by atoms with Crippen LogP contribution in [0.25, 0.3) is 0 Å². The fraction of sp³-hybridized carbons (Fsp3) is 0.222. The molecule has 0 aliphatic carbocycles. The van der Waals surface area contributed by atoms with Crippen LogP contribution in [0.5, 0.6) is 5.75 Å². The Kier molecular flexibility index (Phi) is 5.50. The summed E-state index contributed by atoms with van der Waals surface area (Å²) in [7, 11) is 0. The van der Waals surface area contributed by atoms with Crippen molar-refractivity contribution in [1.29, 1.82) is 0 Å². The molecular formula is C18H19ClN4OS. The fourth-order valence-electron chi connectivity index (χ4n) is 2.44. The Labute approximate surface area is 156 Å². The zero-order valence-corrected chi connectivity index (χ0v) is 15.6. The minimum Gasteiger partial charge on any atom is -0.486 e. The molecule has 0 amide bonds. The standard InChI is InChI=1S/C18H19ClN4OS/c1-12-6-13(2)8-16(7-12)24-10-17-21-22-18(23(17)20)25-11-14-4-3-5-15(19)9-14/h3-9H,10-11,20H2,1-2H3. The molecule has 1 heterocycles. The number of nitrogens with two attached hydrogens (primary N) is 1. The molecule has 0 radical (unpaired) electrons. The van der Waals surface area contributed by atoms with E-state index >= 15 is 0 Å². The van der Waals surface area contributed by atoms with Gasteiger partial charge in [-0.15, -0.1) is 10.2 Å². The summed E-state index contributed by atoms with van der Waals surface area (Å²) in [6, 6.07) is 13.8. The maximum atomic E-state index is 6.09. The number of hydrogen-bond donors (Lipinski definition) is 1. The van der Waals surface area contributed by atoms with Gasteiger partial charge in [0.25, 0.3) is 0 Å². The van der Waals surface area contributed by atoms with Crippen molar-refractivity contribution < 1.29 is 4.74 Å². The van der Waals surface area contributed by atoms with Crippen molar-refractivity contribution in [3.05, 3.63) is 70.0 Å². The lowest BCUT2D eigenvalue weighted by molar-refractivity contribution is 0.291. The molecule has 0 spiro atoms. The van der Waals surface area contributed by atoms with Crippen molar-refractivity contribution in [2.24, 2.45) is 0 Å². The zero-order valence-electron chi connectivity index (χ0n) is 14.1. The predicted molar refractivity (Wildman–Crippen MR) is 101 cm³/mol. The summed E-state index contributed by atoms with van der Waals surface area (Å²) < 4.78 is 7.27. The number of rotatable bonds is 6. The van der Waals surface area contributed by atoms with Crippen LogP contribution in [-0.2, 0) is 12.4 Å². The SMILES string of the molecule is Cc1cc(C)cc(OCc2nnc(SCc3cccc(Cl)c3)n2N)c1. The van der Waals surface area contributed by atoms with Crippen molar-refractivity contribution >= 4 is 23.4 Å². The molecule has 0 saturated carbocycles. The Morgan fingerprint density at radius 1 is 1.12 bits per heavy atom. The number of halogens is 1. The minimum atomic E-state index is 0.268. The van der Waals surface area contributed by atoms with Crippen molar-refractivity contribution in [2.75, 3.05) is 5.84 Å². The number of benzene rings is 2. The van der Waals surface area contributed by atoms with Gasteiger partial charge in [0.05, 0.1) is 0 Å². The summed E-state index contributed by atoms with van der Waals surface area (Å²) >= 11 is 7.51. The van der Waals surface area contributed by atoms with E-state index in [-0.39, 0.29) is 6.61 Å². The van der Waals surface area contributed by atoms with E-state index in [0.717, 1.165) is 27.5 Å². The maximum absolute atomic E-state index is 6.09. The smallest absolute Gasteiger partial charge is 0.210 e. The van der Waals surface area contributed by atoms with Gasteiger partial charge in [-0.25, -0.2) is 4.68 Å². The third kappa shape index (κ3) is 4.67. The third-order valence-corrected chi connectivity index (χ3v) is 4.80. The van der Waals surface area contributed by atoms with Crippen LogP contribution in [-0.4, -0.2) is 14.9 Å². The molecule has 2 N–H and O–H groups in total. The molecule has 0 fully saturated rings. The van der Waals surface area contributed by atoms with Gasteiger partial charge in [-0.3, -0.25) is 0 Å². The second-order valence-electron chi connectivity index (χ2n) is 5.80. The van der Waals surface area contributed by atoms with Crippen LogP contribution in [0.4, 0.5) is 0 Å². The van der Waals surface area contributed by atoms with Crippen LogP contribution in [0.15, 0.2) is 47.6 Å². The van der Waals surface area contributed by atoms with Crippen molar-refractivity contribution in [2.45, 2.75) is 31.4 Å². The highest BCUT2D eigenvalue weighted by Crippen LogP contribution is 2.23. The highest BCUT2D eigenvalue weighted by molar-refractivity contribution is 7.98. The summed E-state index contributed by atoms with van der Waals surface area (Å²) in [5.41, 5.74) is 3.41. The molecule has 2 aromatic carbocycles. The average Bonchev–Trinajstić information content (AvgIpc) is 2.90. The van der Waals surface area contributed by atoms with E-state index in [1.165, 1.54) is 16.4 Å². The molecule has 25 heavy (non-hydrogen) atoms. The molecule has 130 valence electrons. The Morgan fingerprint density at radius 2 is 1.88 bits per heavy atom. The molecule has 0 saturated heterocycles. The van der Waals surface area contributed by atoms with Crippen molar-refractivity contribution in [3.63, 3.8) is 0 Å². The molecule has 1 aromatic heterocycles. The highest BCUT2D eigenvalue weighted by Gasteiger charge is 2.11.